The van der Waals surface area contributed by atoms with E-state index < -0.39 is 16.1 Å². The Kier molecular flexibility index (Phi) is 10.6. The molecule has 2 rings (SSSR count). The molecule has 0 saturated carbocycles. The number of rotatable bonds is 12. The molecule has 10 heteroatoms. The summed E-state index contributed by atoms with van der Waals surface area (Å²) in [4.78, 5) is 27.6. The molecule has 0 bridgehead atoms. The van der Waals surface area contributed by atoms with E-state index in [9.17, 15) is 18.0 Å². The number of nitrogens with zero attached hydrogens (tertiary/aromatic N) is 2. The van der Waals surface area contributed by atoms with Crippen molar-refractivity contribution in [2.75, 3.05) is 24.2 Å². The highest BCUT2D eigenvalue weighted by atomic mass is 35.5. The average molecular weight is 538 g/mol. The SMILES string of the molecule is COc1cccc(CN(C(=O)CCCN(c2cc(Cl)ccc2C)S(C)(=O)=O)[C@H](C)C(=O)NC(C)C)c1. The quantitative estimate of drug-likeness (QED) is 0.439. The van der Waals surface area contributed by atoms with Gasteiger partial charge in [-0.3, -0.25) is 13.9 Å². The monoisotopic (exact) mass is 537 g/mol. The summed E-state index contributed by atoms with van der Waals surface area (Å²) < 4.78 is 31.6. The van der Waals surface area contributed by atoms with Crippen LogP contribution in [0.1, 0.15) is 44.7 Å². The van der Waals surface area contributed by atoms with Gasteiger partial charge in [-0.2, -0.15) is 0 Å². The fourth-order valence-electron chi connectivity index (χ4n) is 3.79. The van der Waals surface area contributed by atoms with Crippen LogP contribution in [0.3, 0.4) is 0 Å². The lowest BCUT2D eigenvalue weighted by atomic mass is 10.1. The number of aryl methyl sites for hydroxylation is 1. The van der Waals surface area contributed by atoms with Gasteiger partial charge in [-0.15, -0.1) is 0 Å². The summed E-state index contributed by atoms with van der Waals surface area (Å²) in [7, 11) is -2.04. The first-order valence-electron chi connectivity index (χ1n) is 11.8. The maximum Gasteiger partial charge on any atom is 0.242 e. The highest BCUT2D eigenvalue weighted by Crippen LogP contribution is 2.27. The first kappa shape index (κ1) is 29.5. The van der Waals surface area contributed by atoms with Gasteiger partial charge in [-0.1, -0.05) is 29.8 Å². The van der Waals surface area contributed by atoms with Crippen LogP contribution >= 0.6 is 11.6 Å². The molecule has 0 aliphatic rings. The number of hydrogen-bond acceptors (Lipinski definition) is 5. The Balaban J connectivity index is 2.22. The molecule has 0 aliphatic carbocycles. The normalized spacial score (nSPS) is 12.2. The van der Waals surface area contributed by atoms with Crippen molar-refractivity contribution in [3.05, 3.63) is 58.6 Å². The molecule has 0 aromatic heterocycles. The number of nitrogens with one attached hydrogen (secondary N) is 1. The van der Waals surface area contributed by atoms with E-state index in [1.807, 2.05) is 38.1 Å². The molecule has 2 aromatic rings. The van der Waals surface area contributed by atoms with Gasteiger partial charge in [0.25, 0.3) is 0 Å². The van der Waals surface area contributed by atoms with Crippen LogP contribution in [0.4, 0.5) is 5.69 Å². The molecule has 198 valence electrons. The number of methoxy groups -OCH3 is 1. The molecule has 2 aromatic carbocycles. The first-order valence-corrected chi connectivity index (χ1v) is 14.0. The second-order valence-electron chi connectivity index (χ2n) is 9.08. The number of hydrogen-bond donors (Lipinski definition) is 1. The molecule has 36 heavy (non-hydrogen) atoms. The molecule has 0 spiro atoms. The maximum atomic E-state index is 13.3. The van der Waals surface area contributed by atoms with E-state index >= 15 is 0 Å². The van der Waals surface area contributed by atoms with Crippen molar-refractivity contribution >= 4 is 39.1 Å². The van der Waals surface area contributed by atoms with Crippen molar-refractivity contribution in [1.82, 2.24) is 10.2 Å². The van der Waals surface area contributed by atoms with Gasteiger partial charge >= 0.3 is 0 Å². The predicted molar refractivity (Wildman–Crippen MR) is 144 cm³/mol. The van der Waals surface area contributed by atoms with E-state index in [0.29, 0.717) is 16.5 Å². The highest BCUT2D eigenvalue weighted by molar-refractivity contribution is 7.92. The van der Waals surface area contributed by atoms with Gasteiger partial charge in [0.1, 0.15) is 11.8 Å². The second-order valence-corrected chi connectivity index (χ2v) is 11.4. The average Bonchev–Trinajstić information content (AvgIpc) is 2.80. The lowest BCUT2D eigenvalue weighted by Gasteiger charge is -2.30. The lowest BCUT2D eigenvalue weighted by molar-refractivity contribution is -0.140. The number of halogens is 1. The Morgan fingerprint density at radius 2 is 1.81 bits per heavy atom. The van der Waals surface area contributed by atoms with Gasteiger partial charge < -0.3 is 15.0 Å². The van der Waals surface area contributed by atoms with Crippen molar-refractivity contribution < 1.29 is 22.7 Å². The molecule has 0 heterocycles. The fraction of sp³-hybridized carbons (Fsp3) is 0.462. The van der Waals surface area contributed by atoms with E-state index in [-0.39, 0.29) is 43.8 Å². The van der Waals surface area contributed by atoms with Crippen LogP contribution in [-0.4, -0.2) is 57.1 Å². The summed E-state index contributed by atoms with van der Waals surface area (Å²) in [6, 6.07) is 11.6. The minimum absolute atomic E-state index is 0.0644. The van der Waals surface area contributed by atoms with E-state index in [1.54, 1.807) is 39.2 Å². The fourth-order valence-corrected chi connectivity index (χ4v) is 4.97. The number of amides is 2. The molecule has 1 N–H and O–H groups in total. The largest absolute Gasteiger partial charge is 0.497 e. The Hall–Kier alpha value is -2.78. The highest BCUT2D eigenvalue weighted by Gasteiger charge is 2.27. The Morgan fingerprint density at radius 3 is 2.42 bits per heavy atom. The number of anilines is 1. The van der Waals surface area contributed by atoms with Crippen LogP contribution in [0, 0.1) is 6.92 Å². The summed E-state index contributed by atoms with van der Waals surface area (Å²) >= 11 is 6.11. The lowest BCUT2D eigenvalue weighted by Crippen LogP contribution is -2.49. The van der Waals surface area contributed by atoms with Gasteiger partial charge in [0, 0.05) is 30.6 Å². The smallest absolute Gasteiger partial charge is 0.242 e. The van der Waals surface area contributed by atoms with E-state index in [4.69, 9.17) is 16.3 Å². The van der Waals surface area contributed by atoms with Crippen molar-refractivity contribution in [2.45, 2.75) is 59.2 Å². The third-order valence-corrected chi connectivity index (χ3v) is 7.09. The van der Waals surface area contributed by atoms with Crippen molar-refractivity contribution in [3.63, 3.8) is 0 Å². The Labute approximate surface area is 219 Å². The molecule has 0 aliphatic heterocycles. The van der Waals surface area contributed by atoms with Crippen LogP contribution in [0.5, 0.6) is 5.75 Å². The number of benzene rings is 2. The molecule has 0 saturated heterocycles. The molecule has 0 fully saturated rings. The van der Waals surface area contributed by atoms with Crippen LogP contribution in [0.15, 0.2) is 42.5 Å². The third kappa shape index (κ3) is 8.41. The van der Waals surface area contributed by atoms with E-state index in [0.717, 1.165) is 17.4 Å². The van der Waals surface area contributed by atoms with Gasteiger partial charge in [-0.25, -0.2) is 8.42 Å². The molecular weight excluding hydrogens is 502 g/mol. The minimum Gasteiger partial charge on any atom is -0.497 e. The molecule has 2 amide bonds. The van der Waals surface area contributed by atoms with E-state index in [2.05, 4.69) is 5.32 Å². The molecular formula is C26H36ClN3O5S. The Bertz CT molecular complexity index is 1170. The minimum atomic E-state index is -3.60. The second kappa shape index (κ2) is 13.0. The number of carbonyl (C=O) groups is 2. The van der Waals surface area contributed by atoms with E-state index in [1.165, 1.54) is 9.21 Å². The molecule has 8 nitrogen and oxygen atoms in total. The maximum absolute atomic E-state index is 13.3. The summed E-state index contributed by atoms with van der Waals surface area (Å²) in [5.74, 6) is 0.147. The van der Waals surface area contributed by atoms with Crippen molar-refractivity contribution in [3.8, 4) is 5.75 Å². The van der Waals surface area contributed by atoms with Gasteiger partial charge in [0.15, 0.2) is 0 Å². The zero-order chi connectivity index (χ0) is 27.0. The van der Waals surface area contributed by atoms with Gasteiger partial charge in [0.05, 0.1) is 19.1 Å². The van der Waals surface area contributed by atoms with Gasteiger partial charge in [0.2, 0.25) is 21.8 Å². The summed E-state index contributed by atoms with van der Waals surface area (Å²) in [5.41, 5.74) is 2.06. The molecule has 0 radical (unpaired) electrons. The van der Waals surface area contributed by atoms with Gasteiger partial charge in [-0.05, 0) is 69.5 Å². The first-order chi connectivity index (χ1) is 16.8. The summed E-state index contributed by atoms with van der Waals surface area (Å²) in [6.45, 7) is 7.53. The van der Waals surface area contributed by atoms with Crippen LogP contribution in [0.2, 0.25) is 5.02 Å². The van der Waals surface area contributed by atoms with Crippen molar-refractivity contribution in [2.24, 2.45) is 0 Å². The zero-order valence-corrected chi connectivity index (χ0v) is 23.3. The van der Waals surface area contributed by atoms with Crippen LogP contribution in [0.25, 0.3) is 0 Å². The van der Waals surface area contributed by atoms with Crippen LogP contribution in [-0.2, 0) is 26.2 Å². The Morgan fingerprint density at radius 1 is 1.11 bits per heavy atom. The third-order valence-electron chi connectivity index (χ3n) is 5.68. The van der Waals surface area contributed by atoms with Crippen LogP contribution < -0.4 is 14.4 Å². The number of ether oxygens (including phenoxy) is 1. The molecule has 0 unspecified atom stereocenters. The molecule has 1 atom stereocenters. The topological polar surface area (TPSA) is 96.0 Å². The van der Waals surface area contributed by atoms with Crippen molar-refractivity contribution in [1.29, 1.82) is 0 Å². The number of carbonyl (C=O) groups excluding carboxylic acids is 2. The summed E-state index contributed by atoms with van der Waals surface area (Å²) in [6.07, 6.45) is 1.46. The standard InChI is InChI=1S/C26H36ClN3O5S/c1-18(2)28-26(32)20(4)29(17-21-9-7-10-23(15-21)35-5)25(31)11-8-14-30(36(6,33)34)24-16-22(27)13-12-19(24)3/h7,9-10,12-13,15-16,18,20H,8,11,14,17H2,1-6H3,(H,28,32)/t20-/m1/s1. The number of sulfonamides is 1. The zero-order valence-electron chi connectivity index (χ0n) is 21.7. The predicted octanol–water partition coefficient (Wildman–Crippen LogP) is 4.15. The summed E-state index contributed by atoms with van der Waals surface area (Å²) in [5, 5.41) is 3.28.